The van der Waals surface area contributed by atoms with Crippen molar-refractivity contribution in [2.45, 2.75) is 58.0 Å². The van der Waals surface area contributed by atoms with Gasteiger partial charge in [-0.05, 0) is 92.8 Å². The first-order valence-corrected chi connectivity index (χ1v) is 14.1. The zero-order chi connectivity index (χ0) is 26.0. The lowest BCUT2D eigenvalue weighted by Gasteiger charge is -2.62. The Labute approximate surface area is 225 Å². The minimum atomic E-state index is 0.271. The van der Waals surface area contributed by atoms with Crippen LogP contribution in [0.3, 0.4) is 0 Å². The number of hydrogen-bond acceptors (Lipinski definition) is 7. The Morgan fingerprint density at radius 3 is 2.68 bits per heavy atom. The number of nitrogens with zero attached hydrogens (tertiary/aromatic N) is 4. The molecule has 198 valence electrons. The Morgan fingerprint density at radius 2 is 1.97 bits per heavy atom. The quantitative estimate of drug-likeness (QED) is 0.374. The topological polar surface area (TPSA) is 97.1 Å². The van der Waals surface area contributed by atoms with Crippen LogP contribution in [0.1, 0.15) is 56.6 Å². The van der Waals surface area contributed by atoms with Crippen molar-refractivity contribution in [1.29, 1.82) is 5.26 Å². The molecule has 0 spiro atoms. The molecular weight excluding hydrogens is 484 g/mol. The molecule has 8 heteroatoms. The van der Waals surface area contributed by atoms with Crippen molar-refractivity contribution >= 4 is 23.4 Å². The molecule has 3 N–H and O–H groups in total. The second-order valence-corrected chi connectivity index (χ2v) is 12.3. The van der Waals surface area contributed by atoms with Gasteiger partial charge < -0.3 is 20.6 Å². The number of nitrogens with one attached hydrogen (secondary N) is 2. The Morgan fingerprint density at radius 1 is 1.22 bits per heavy atom. The highest BCUT2D eigenvalue weighted by molar-refractivity contribution is 6.31. The van der Waals surface area contributed by atoms with Gasteiger partial charge in [0.25, 0.3) is 0 Å². The van der Waals surface area contributed by atoms with Crippen molar-refractivity contribution in [2.75, 3.05) is 37.4 Å². The molecular formula is C29H39ClN6O. The van der Waals surface area contributed by atoms with Gasteiger partial charge in [-0.15, -0.1) is 0 Å². The monoisotopic (exact) mass is 522 g/mol. The standard InChI is InChI=1S/C29H39ClN6O/c1-19(17-37)7-8-36(2)26-22-9-20-10-23(26)13-29(11-20,12-22)18-34-27-24(14-31)16-33-28(35-27)32-15-21-5-3-4-6-25(21)30/h3-6,16,19-20,22-23,26,37H,7-13,15,17-18H2,1-2H3,(H2,32,33,34,35)/t19-,20?,22-,23+,26?,29?/m0/s1. The van der Waals surface area contributed by atoms with Gasteiger partial charge in [-0.2, -0.15) is 10.2 Å². The molecule has 37 heavy (non-hydrogen) atoms. The van der Waals surface area contributed by atoms with E-state index < -0.39 is 0 Å². The van der Waals surface area contributed by atoms with Gasteiger partial charge in [0.2, 0.25) is 5.95 Å². The summed E-state index contributed by atoms with van der Waals surface area (Å²) in [6.07, 6.45) is 9.09. The molecule has 1 aromatic carbocycles. The highest BCUT2D eigenvalue weighted by Crippen LogP contribution is 2.61. The van der Waals surface area contributed by atoms with E-state index in [1.807, 2.05) is 24.3 Å². The third-order valence-corrected chi connectivity index (χ3v) is 9.45. The highest BCUT2D eigenvalue weighted by atomic mass is 35.5. The van der Waals surface area contributed by atoms with Crippen LogP contribution in [0.25, 0.3) is 0 Å². The van der Waals surface area contributed by atoms with E-state index in [4.69, 9.17) is 11.6 Å². The average molecular weight is 523 g/mol. The van der Waals surface area contributed by atoms with Gasteiger partial charge in [-0.25, -0.2) is 4.98 Å². The first-order chi connectivity index (χ1) is 17.9. The fourth-order valence-corrected chi connectivity index (χ4v) is 7.74. The van der Waals surface area contributed by atoms with E-state index in [0.717, 1.165) is 42.8 Å². The van der Waals surface area contributed by atoms with Crippen molar-refractivity contribution in [1.82, 2.24) is 14.9 Å². The fraction of sp³-hybridized carbons (Fsp3) is 0.621. The number of benzene rings is 1. The Kier molecular flexibility index (Phi) is 7.90. The van der Waals surface area contributed by atoms with E-state index in [1.54, 1.807) is 6.20 Å². The van der Waals surface area contributed by atoms with E-state index >= 15 is 0 Å². The van der Waals surface area contributed by atoms with Crippen LogP contribution in [0.2, 0.25) is 5.02 Å². The minimum absolute atomic E-state index is 0.271. The summed E-state index contributed by atoms with van der Waals surface area (Å²) in [6.45, 7) is 4.83. The van der Waals surface area contributed by atoms with Gasteiger partial charge in [0.15, 0.2) is 0 Å². The van der Waals surface area contributed by atoms with Crippen LogP contribution >= 0.6 is 11.6 Å². The summed E-state index contributed by atoms with van der Waals surface area (Å²) in [6, 6.07) is 10.6. The van der Waals surface area contributed by atoms with Crippen molar-refractivity contribution in [3.63, 3.8) is 0 Å². The minimum Gasteiger partial charge on any atom is -0.396 e. The van der Waals surface area contributed by atoms with Gasteiger partial charge in [-0.1, -0.05) is 36.7 Å². The normalized spacial score (nSPS) is 28.8. The smallest absolute Gasteiger partial charge is 0.224 e. The van der Waals surface area contributed by atoms with Crippen molar-refractivity contribution in [2.24, 2.45) is 29.1 Å². The summed E-state index contributed by atoms with van der Waals surface area (Å²) in [5.74, 6) is 3.75. The maximum absolute atomic E-state index is 9.69. The largest absolute Gasteiger partial charge is 0.396 e. The van der Waals surface area contributed by atoms with Gasteiger partial charge in [0.05, 0.1) is 6.20 Å². The molecule has 1 heterocycles. The molecule has 2 aromatic rings. The van der Waals surface area contributed by atoms with E-state index in [0.29, 0.717) is 40.9 Å². The molecule has 3 unspecified atom stereocenters. The molecule has 1 aromatic heterocycles. The zero-order valence-electron chi connectivity index (χ0n) is 22.0. The number of aliphatic hydroxyl groups is 1. The fourth-order valence-electron chi connectivity index (χ4n) is 7.54. The predicted molar refractivity (Wildman–Crippen MR) is 147 cm³/mol. The summed E-state index contributed by atoms with van der Waals surface area (Å²) in [5, 5.41) is 26.7. The SMILES string of the molecule is C[C@H](CO)CCN(C)C1[C@@H]2CC3C[C@H]1CC(CNc1nc(NCc4ccccc4Cl)ncc1C#N)(C3)C2. The molecule has 0 amide bonds. The second kappa shape index (κ2) is 11.1. The summed E-state index contributed by atoms with van der Waals surface area (Å²) in [7, 11) is 2.29. The molecule has 6 atom stereocenters. The maximum atomic E-state index is 9.69. The molecule has 4 bridgehead atoms. The maximum Gasteiger partial charge on any atom is 0.224 e. The summed E-state index contributed by atoms with van der Waals surface area (Å²) < 4.78 is 0. The van der Waals surface area contributed by atoms with E-state index in [-0.39, 0.29) is 12.0 Å². The van der Waals surface area contributed by atoms with E-state index in [2.05, 4.69) is 45.5 Å². The molecule has 0 saturated heterocycles. The number of hydrogen-bond donors (Lipinski definition) is 3. The summed E-state index contributed by atoms with van der Waals surface area (Å²) >= 11 is 6.29. The lowest BCUT2D eigenvalue weighted by atomic mass is 9.47. The molecule has 0 aliphatic heterocycles. The van der Waals surface area contributed by atoms with Crippen molar-refractivity contribution in [3.8, 4) is 6.07 Å². The van der Waals surface area contributed by atoms with Gasteiger partial charge in [0.1, 0.15) is 17.5 Å². The van der Waals surface area contributed by atoms with Gasteiger partial charge in [0, 0.05) is 30.8 Å². The Balaban J connectivity index is 1.24. The number of aromatic nitrogens is 2. The van der Waals surface area contributed by atoms with Crippen LogP contribution in [0, 0.1) is 40.4 Å². The highest BCUT2D eigenvalue weighted by Gasteiger charge is 2.55. The van der Waals surface area contributed by atoms with Crippen LogP contribution in [-0.2, 0) is 6.54 Å². The number of anilines is 2. The molecule has 4 aliphatic rings. The number of aliphatic hydroxyl groups excluding tert-OH is 1. The van der Waals surface area contributed by atoms with Crippen molar-refractivity contribution < 1.29 is 5.11 Å². The lowest BCUT2D eigenvalue weighted by molar-refractivity contribution is -0.102. The number of nitriles is 1. The zero-order valence-corrected chi connectivity index (χ0v) is 22.7. The second-order valence-electron chi connectivity index (χ2n) is 11.9. The summed E-state index contributed by atoms with van der Waals surface area (Å²) in [4.78, 5) is 11.6. The third-order valence-electron chi connectivity index (χ3n) is 9.08. The molecule has 4 fully saturated rings. The Hall–Kier alpha value is -2.40. The lowest BCUT2D eigenvalue weighted by Crippen LogP contribution is -2.60. The average Bonchev–Trinajstić information content (AvgIpc) is 2.89. The Bertz CT molecular complexity index is 1120. The van der Waals surface area contributed by atoms with Crippen LogP contribution < -0.4 is 10.6 Å². The van der Waals surface area contributed by atoms with Gasteiger partial charge >= 0.3 is 0 Å². The molecule has 4 aliphatic carbocycles. The summed E-state index contributed by atoms with van der Waals surface area (Å²) in [5.41, 5.74) is 1.73. The number of halogens is 1. The first kappa shape index (κ1) is 26.2. The third kappa shape index (κ3) is 5.72. The van der Waals surface area contributed by atoms with E-state index in [1.165, 1.54) is 32.1 Å². The van der Waals surface area contributed by atoms with Crippen LogP contribution in [0.4, 0.5) is 11.8 Å². The first-order valence-electron chi connectivity index (χ1n) is 13.7. The van der Waals surface area contributed by atoms with Gasteiger partial charge in [-0.3, -0.25) is 0 Å². The molecule has 7 nitrogen and oxygen atoms in total. The van der Waals surface area contributed by atoms with Crippen LogP contribution in [0.15, 0.2) is 30.5 Å². The molecule has 0 radical (unpaired) electrons. The van der Waals surface area contributed by atoms with E-state index in [9.17, 15) is 10.4 Å². The van der Waals surface area contributed by atoms with Crippen LogP contribution in [0.5, 0.6) is 0 Å². The van der Waals surface area contributed by atoms with Crippen LogP contribution in [-0.4, -0.2) is 52.8 Å². The predicted octanol–water partition coefficient (Wildman–Crippen LogP) is 5.17. The van der Waals surface area contributed by atoms with Crippen molar-refractivity contribution in [3.05, 3.63) is 46.6 Å². The number of rotatable bonds is 11. The molecule has 4 saturated carbocycles. The molecule has 6 rings (SSSR count).